The van der Waals surface area contributed by atoms with Crippen molar-refractivity contribution in [3.8, 4) is 6.07 Å². The molecule has 2 aromatic carbocycles. The van der Waals surface area contributed by atoms with Crippen LogP contribution in [0.2, 0.25) is 0 Å². The molecule has 2 heteroatoms. The summed E-state index contributed by atoms with van der Waals surface area (Å²) in [5.74, 6) is -0.247. The molecule has 0 radical (unpaired) electrons. The number of benzene rings is 2. The second-order valence-corrected chi connectivity index (χ2v) is 4.28. The Morgan fingerprint density at radius 3 is 2.26 bits per heavy atom. The Morgan fingerprint density at radius 1 is 1.05 bits per heavy atom. The van der Waals surface area contributed by atoms with E-state index in [0.29, 0.717) is 5.56 Å². The van der Waals surface area contributed by atoms with Gasteiger partial charge in [-0.05, 0) is 18.6 Å². The van der Waals surface area contributed by atoms with Crippen LogP contribution in [0.15, 0.2) is 60.2 Å². The van der Waals surface area contributed by atoms with Gasteiger partial charge in [0.15, 0.2) is 0 Å². The summed E-state index contributed by atoms with van der Waals surface area (Å²) in [7, 11) is 0. The molecule has 0 saturated heterocycles. The Hall–Kier alpha value is -2.66. The van der Waals surface area contributed by atoms with E-state index in [1.165, 1.54) is 0 Å². The summed E-state index contributed by atoms with van der Waals surface area (Å²) in [4.78, 5) is 12.2. The number of allylic oxidation sites excluding steroid dienone is 1. The van der Waals surface area contributed by atoms with Gasteiger partial charge >= 0.3 is 0 Å². The van der Waals surface area contributed by atoms with Crippen molar-refractivity contribution in [2.45, 2.75) is 6.92 Å². The van der Waals surface area contributed by atoms with Crippen LogP contribution >= 0.6 is 0 Å². The minimum Gasteiger partial charge on any atom is -0.288 e. The third-order valence-electron chi connectivity index (χ3n) is 2.79. The van der Waals surface area contributed by atoms with Crippen LogP contribution in [0.3, 0.4) is 0 Å². The molecule has 0 N–H and O–H groups in total. The lowest BCUT2D eigenvalue weighted by Crippen LogP contribution is -2.01. The van der Waals surface area contributed by atoms with Gasteiger partial charge in [-0.3, -0.25) is 4.79 Å². The van der Waals surface area contributed by atoms with Crippen LogP contribution in [0.4, 0.5) is 0 Å². The van der Waals surface area contributed by atoms with Crippen LogP contribution in [0.25, 0.3) is 6.08 Å². The maximum atomic E-state index is 12.2. The number of carbonyl (C=O) groups excluding carboxylic acids is 1. The van der Waals surface area contributed by atoms with Crippen LogP contribution < -0.4 is 0 Å². The fourth-order valence-corrected chi connectivity index (χ4v) is 1.72. The van der Waals surface area contributed by atoms with Gasteiger partial charge in [0.2, 0.25) is 5.78 Å². The zero-order chi connectivity index (χ0) is 13.7. The van der Waals surface area contributed by atoms with Gasteiger partial charge in [0.1, 0.15) is 11.6 Å². The molecule has 0 unspecified atom stereocenters. The van der Waals surface area contributed by atoms with Crippen LogP contribution in [0.5, 0.6) is 0 Å². The lowest BCUT2D eigenvalue weighted by molar-refractivity contribution is 0.104. The molecule has 0 fully saturated rings. The molecular formula is C17H13NO. The predicted molar refractivity (Wildman–Crippen MR) is 75.5 cm³/mol. The number of nitriles is 1. The minimum atomic E-state index is -0.247. The lowest BCUT2D eigenvalue weighted by atomic mass is 10.0. The Bertz CT molecular complexity index is 646. The highest BCUT2D eigenvalue weighted by Crippen LogP contribution is 2.13. The summed E-state index contributed by atoms with van der Waals surface area (Å²) in [5.41, 5.74) is 2.67. The first-order valence-corrected chi connectivity index (χ1v) is 5.99. The Labute approximate surface area is 112 Å². The fourth-order valence-electron chi connectivity index (χ4n) is 1.72. The topological polar surface area (TPSA) is 40.9 Å². The summed E-state index contributed by atoms with van der Waals surface area (Å²) >= 11 is 0. The van der Waals surface area contributed by atoms with E-state index in [4.69, 9.17) is 5.26 Å². The van der Waals surface area contributed by atoms with E-state index in [-0.39, 0.29) is 11.4 Å². The highest BCUT2D eigenvalue weighted by atomic mass is 16.1. The average Bonchev–Trinajstić information content (AvgIpc) is 2.47. The minimum absolute atomic E-state index is 0.148. The van der Waals surface area contributed by atoms with Gasteiger partial charge in [0.25, 0.3) is 0 Å². The SMILES string of the molecule is Cc1ccc(/C=C(\C#N)C(=O)c2ccccc2)cc1. The van der Waals surface area contributed by atoms with Crippen molar-refractivity contribution in [1.29, 1.82) is 5.26 Å². The van der Waals surface area contributed by atoms with Crippen molar-refractivity contribution < 1.29 is 4.79 Å². The number of ketones is 1. The van der Waals surface area contributed by atoms with Crippen molar-refractivity contribution in [2.24, 2.45) is 0 Å². The molecule has 0 aliphatic carbocycles. The normalized spacial score (nSPS) is 10.8. The van der Waals surface area contributed by atoms with Gasteiger partial charge in [0.05, 0.1) is 0 Å². The average molecular weight is 247 g/mol. The monoisotopic (exact) mass is 247 g/mol. The molecule has 0 aliphatic heterocycles. The largest absolute Gasteiger partial charge is 0.288 e. The Morgan fingerprint density at radius 2 is 1.68 bits per heavy atom. The molecule has 0 bridgehead atoms. The zero-order valence-corrected chi connectivity index (χ0v) is 10.6. The Kier molecular flexibility index (Phi) is 3.90. The smallest absolute Gasteiger partial charge is 0.203 e. The van der Waals surface area contributed by atoms with Gasteiger partial charge < -0.3 is 0 Å². The zero-order valence-electron chi connectivity index (χ0n) is 10.6. The van der Waals surface area contributed by atoms with E-state index >= 15 is 0 Å². The molecule has 0 atom stereocenters. The number of aryl methyl sites for hydroxylation is 1. The first kappa shape index (κ1) is 12.8. The van der Waals surface area contributed by atoms with Crippen molar-refractivity contribution in [2.75, 3.05) is 0 Å². The number of carbonyl (C=O) groups is 1. The number of rotatable bonds is 3. The van der Waals surface area contributed by atoms with Crippen molar-refractivity contribution in [3.63, 3.8) is 0 Å². The quantitative estimate of drug-likeness (QED) is 0.470. The second kappa shape index (κ2) is 5.79. The van der Waals surface area contributed by atoms with Gasteiger partial charge in [-0.25, -0.2) is 0 Å². The molecular weight excluding hydrogens is 234 g/mol. The fraction of sp³-hybridized carbons (Fsp3) is 0.0588. The summed E-state index contributed by atoms with van der Waals surface area (Å²) in [6, 6.07) is 18.5. The molecule has 0 heterocycles. The van der Waals surface area contributed by atoms with Crippen molar-refractivity contribution in [1.82, 2.24) is 0 Å². The number of nitrogens with zero attached hydrogens (tertiary/aromatic N) is 1. The highest BCUT2D eigenvalue weighted by Gasteiger charge is 2.11. The predicted octanol–water partition coefficient (Wildman–Crippen LogP) is 3.78. The van der Waals surface area contributed by atoms with E-state index in [1.54, 1.807) is 30.3 Å². The summed E-state index contributed by atoms with van der Waals surface area (Å²) in [6.45, 7) is 1.99. The van der Waals surface area contributed by atoms with Crippen LogP contribution in [-0.4, -0.2) is 5.78 Å². The van der Waals surface area contributed by atoms with Crippen LogP contribution in [-0.2, 0) is 0 Å². The van der Waals surface area contributed by atoms with E-state index in [0.717, 1.165) is 11.1 Å². The molecule has 2 rings (SSSR count). The molecule has 0 spiro atoms. The van der Waals surface area contributed by atoms with Gasteiger partial charge in [-0.1, -0.05) is 60.2 Å². The Balaban J connectivity index is 2.33. The maximum Gasteiger partial charge on any atom is 0.203 e. The molecule has 0 aromatic heterocycles. The van der Waals surface area contributed by atoms with Crippen LogP contribution in [0, 0.1) is 18.3 Å². The van der Waals surface area contributed by atoms with E-state index < -0.39 is 0 Å². The standard InChI is InChI=1S/C17H13NO/c1-13-7-9-14(10-8-13)11-16(12-18)17(19)15-5-3-2-4-6-15/h2-11H,1H3/b16-11+. The summed E-state index contributed by atoms with van der Waals surface area (Å²) < 4.78 is 0. The molecule has 2 nitrogen and oxygen atoms in total. The second-order valence-electron chi connectivity index (χ2n) is 4.28. The first-order valence-electron chi connectivity index (χ1n) is 5.99. The molecule has 2 aromatic rings. The van der Waals surface area contributed by atoms with Gasteiger partial charge in [0, 0.05) is 5.56 Å². The number of hydrogen-bond acceptors (Lipinski definition) is 2. The first-order chi connectivity index (χ1) is 9.20. The van der Waals surface area contributed by atoms with E-state index in [1.807, 2.05) is 43.3 Å². The molecule has 92 valence electrons. The summed E-state index contributed by atoms with van der Waals surface area (Å²) in [6.07, 6.45) is 1.62. The molecule has 0 saturated carbocycles. The van der Waals surface area contributed by atoms with Crippen molar-refractivity contribution >= 4 is 11.9 Å². The number of Topliss-reactive ketones (excluding diaryl/α,β-unsaturated/α-hetero) is 1. The van der Waals surface area contributed by atoms with Gasteiger partial charge in [-0.15, -0.1) is 0 Å². The molecule has 19 heavy (non-hydrogen) atoms. The van der Waals surface area contributed by atoms with E-state index in [2.05, 4.69) is 0 Å². The van der Waals surface area contributed by atoms with Crippen LogP contribution in [0.1, 0.15) is 21.5 Å². The van der Waals surface area contributed by atoms with Crippen molar-refractivity contribution in [3.05, 3.63) is 76.9 Å². The third kappa shape index (κ3) is 3.17. The molecule has 0 amide bonds. The van der Waals surface area contributed by atoms with Gasteiger partial charge in [-0.2, -0.15) is 5.26 Å². The highest BCUT2D eigenvalue weighted by molar-refractivity contribution is 6.13. The summed E-state index contributed by atoms with van der Waals surface area (Å²) in [5, 5.41) is 9.13. The maximum absolute atomic E-state index is 12.2. The third-order valence-corrected chi connectivity index (χ3v) is 2.79. The van der Waals surface area contributed by atoms with E-state index in [9.17, 15) is 4.79 Å². The lowest BCUT2D eigenvalue weighted by Gasteiger charge is -2.00. The molecule has 0 aliphatic rings. The number of hydrogen-bond donors (Lipinski definition) is 0.